The maximum absolute atomic E-state index is 14.7. The zero-order valence-electron chi connectivity index (χ0n) is 16.8. The highest BCUT2D eigenvalue weighted by Gasteiger charge is 2.46. The topological polar surface area (TPSA) is 70.1 Å². The summed E-state index contributed by atoms with van der Waals surface area (Å²) in [7, 11) is 0. The van der Waals surface area contributed by atoms with Crippen LogP contribution in [0.4, 0.5) is 8.78 Å². The second kappa shape index (κ2) is 8.95. The third-order valence-corrected chi connectivity index (χ3v) is 5.62. The Hall–Kier alpha value is -3.10. The van der Waals surface area contributed by atoms with Crippen LogP contribution >= 0.6 is 0 Å². The predicted molar refractivity (Wildman–Crippen MR) is 109 cm³/mol. The molecule has 1 N–H and O–H groups in total. The minimum Gasteiger partial charge on any atom is -0.507 e. The molecule has 31 heavy (non-hydrogen) atoms. The highest BCUT2D eigenvalue weighted by molar-refractivity contribution is 6.46. The van der Waals surface area contributed by atoms with Gasteiger partial charge in [-0.05, 0) is 30.3 Å². The molecule has 0 aliphatic carbocycles. The van der Waals surface area contributed by atoms with Crippen LogP contribution < -0.4 is 0 Å². The molecule has 0 spiro atoms. The molecule has 2 aliphatic heterocycles. The summed E-state index contributed by atoms with van der Waals surface area (Å²) in [6.45, 7) is 3.23. The molecule has 0 radical (unpaired) electrons. The molecule has 2 fully saturated rings. The lowest BCUT2D eigenvalue weighted by atomic mass is 9.95. The lowest BCUT2D eigenvalue weighted by molar-refractivity contribution is -0.140. The number of ketones is 1. The molecule has 2 aromatic carbocycles. The van der Waals surface area contributed by atoms with Crippen LogP contribution in [-0.4, -0.2) is 66.0 Å². The van der Waals surface area contributed by atoms with E-state index in [-0.39, 0.29) is 23.2 Å². The molecule has 1 amide bonds. The normalized spacial score (nSPS) is 21.6. The maximum Gasteiger partial charge on any atom is 0.295 e. The summed E-state index contributed by atoms with van der Waals surface area (Å²) in [6, 6.07) is 9.68. The van der Waals surface area contributed by atoms with Crippen LogP contribution in [0.3, 0.4) is 0 Å². The van der Waals surface area contributed by atoms with Crippen LogP contribution in [0.25, 0.3) is 5.76 Å². The van der Waals surface area contributed by atoms with Crippen molar-refractivity contribution in [3.8, 4) is 0 Å². The quantitative estimate of drug-likeness (QED) is 0.451. The van der Waals surface area contributed by atoms with Crippen LogP contribution in [-0.2, 0) is 14.3 Å². The maximum atomic E-state index is 14.7. The Bertz CT molecular complexity index is 1020. The Kier molecular flexibility index (Phi) is 6.11. The highest BCUT2D eigenvalue weighted by atomic mass is 19.1. The smallest absolute Gasteiger partial charge is 0.295 e. The fraction of sp³-hybridized carbons (Fsp3) is 0.304. The molecule has 2 aromatic rings. The summed E-state index contributed by atoms with van der Waals surface area (Å²) in [4.78, 5) is 29.2. The summed E-state index contributed by atoms with van der Waals surface area (Å²) in [5.41, 5.74) is 0.0879. The number of ether oxygens (including phenoxy) is 1. The number of Topliss-reactive ketones (excluding diaryl/α,β-unsaturated/α-hetero) is 1. The van der Waals surface area contributed by atoms with E-state index in [1.165, 1.54) is 35.2 Å². The Morgan fingerprint density at radius 3 is 2.35 bits per heavy atom. The summed E-state index contributed by atoms with van der Waals surface area (Å²) in [5, 5.41) is 10.9. The van der Waals surface area contributed by atoms with Crippen molar-refractivity contribution in [2.24, 2.45) is 0 Å². The fourth-order valence-corrected chi connectivity index (χ4v) is 3.97. The van der Waals surface area contributed by atoms with Crippen molar-refractivity contribution in [2.45, 2.75) is 6.04 Å². The second-order valence-electron chi connectivity index (χ2n) is 7.47. The third kappa shape index (κ3) is 4.22. The van der Waals surface area contributed by atoms with Gasteiger partial charge in [0.1, 0.15) is 17.4 Å². The van der Waals surface area contributed by atoms with Crippen LogP contribution in [0.1, 0.15) is 17.2 Å². The Morgan fingerprint density at radius 2 is 1.68 bits per heavy atom. The molecule has 162 valence electrons. The van der Waals surface area contributed by atoms with Gasteiger partial charge in [-0.25, -0.2) is 8.78 Å². The van der Waals surface area contributed by atoms with Crippen molar-refractivity contribution in [1.82, 2.24) is 9.80 Å². The van der Waals surface area contributed by atoms with E-state index in [1.807, 2.05) is 0 Å². The summed E-state index contributed by atoms with van der Waals surface area (Å²) in [5.74, 6) is -3.24. The number of morpholine rings is 1. The number of hydrogen-bond acceptors (Lipinski definition) is 5. The Morgan fingerprint density at radius 1 is 1.00 bits per heavy atom. The molecule has 2 heterocycles. The first-order valence-electron chi connectivity index (χ1n) is 10.1. The number of rotatable bonds is 5. The first-order chi connectivity index (χ1) is 15.0. The molecular weight excluding hydrogens is 406 g/mol. The van der Waals surface area contributed by atoms with Crippen molar-refractivity contribution in [3.05, 3.63) is 76.9 Å². The minimum absolute atomic E-state index is 0.118. The van der Waals surface area contributed by atoms with E-state index >= 15 is 0 Å². The van der Waals surface area contributed by atoms with Gasteiger partial charge in [-0.1, -0.05) is 18.2 Å². The Balaban J connectivity index is 1.75. The molecule has 4 rings (SSSR count). The third-order valence-electron chi connectivity index (χ3n) is 5.62. The largest absolute Gasteiger partial charge is 0.507 e. The summed E-state index contributed by atoms with van der Waals surface area (Å²) < 4.78 is 33.4. The molecule has 2 aliphatic rings. The number of aliphatic hydroxyl groups is 1. The van der Waals surface area contributed by atoms with Gasteiger partial charge in [0.15, 0.2) is 0 Å². The first-order valence-corrected chi connectivity index (χ1v) is 10.1. The molecule has 0 aromatic heterocycles. The molecule has 0 bridgehead atoms. The van der Waals surface area contributed by atoms with Gasteiger partial charge in [0.25, 0.3) is 11.7 Å². The van der Waals surface area contributed by atoms with Crippen LogP contribution in [0.2, 0.25) is 0 Å². The van der Waals surface area contributed by atoms with Crippen LogP contribution in [0, 0.1) is 11.6 Å². The molecule has 2 saturated heterocycles. The second-order valence-corrected chi connectivity index (χ2v) is 7.47. The molecule has 8 heteroatoms. The van der Waals surface area contributed by atoms with E-state index in [0.717, 1.165) is 12.1 Å². The predicted octanol–water partition coefficient (Wildman–Crippen LogP) is 2.72. The van der Waals surface area contributed by atoms with Gasteiger partial charge < -0.3 is 14.7 Å². The van der Waals surface area contributed by atoms with Gasteiger partial charge in [-0.3, -0.25) is 14.5 Å². The van der Waals surface area contributed by atoms with Crippen molar-refractivity contribution in [2.75, 3.05) is 39.4 Å². The molecule has 6 nitrogen and oxygen atoms in total. The van der Waals surface area contributed by atoms with Crippen molar-refractivity contribution < 1.29 is 28.2 Å². The van der Waals surface area contributed by atoms with Crippen LogP contribution in [0.5, 0.6) is 0 Å². The van der Waals surface area contributed by atoms with E-state index in [4.69, 9.17) is 4.74 Å². The number of carbonyl (C=O) groups excluding carboxylic acids is 2. The zero-order chi connectivity index (χ0) is 22.0. The van der Waals surface area contributed by atoms with Crippen molar-refractivity contribution in [3.63, 3.8) is 0 Å². The summed E-state index contributed by atoms with van der Waals surface area (Å²) >= 11 is 0. The highest BCUT2D eigenvalue weighted by Crippen LogP contribution is 2.40. The standard InChI is InChI=1S/C23H22F2N2O4/c24-16-7-5-15(6-8-16)21(28)19-20(17-3-1-2-4-18(17)25)27(23(30)22(19)29)10-9-26-11-13-31-14-12-26/h1-8,20,28H,9-14H2/b21-19-. The fourth-order valence-electron chi connectivity index (χ4n) is 3.97. The lowest BCUT2D eigenvalue weighted by Gasteiger charge is -2.31. The van der Waals surface area contributed by atoms with Gasteiger partial charge in [0.2, 0.25) is 0 Å². The van der Waals surface area contributed by atoms with E-state index in [1.54, 1.807) is 6.07 Å². The first kappa shape index (κ1) is 21.1. The number of hydrogen-bond donors (Lipinski definition) is 1. The number of carbonyl (C=O) groups is 2. The van der Waals surface area contributed by atoms with Crippen molar-refractivity contribution >= 4 is 17.4 Å². The van der Waals surface area contributed by atoms with Gasteiger partial charge in [-0.2, -0.15) is 0 Å². The van der Waals surface area contributed by atoms with E-state index in [0.29, 0.717) is 32.8 Å². The monoisotopic (exact) mass is 428 g/mol. The number of likely N-dealkylation sites (tertiary alicyclic amines) is 1. The zero-order valence-corrected chi connectivity index (χ0v) is 16.8. The van der Waals surface area contributed by atoms with Gasteiger partial charge in [0.05, 0.1) is 24.8 Å². The lowest BCUT2D eigenvalue weighted by Crippen LogP contribution is -2.42. The van der Waals surface area contributed by atoms with E-state index < -0.39 is 35.1 Å². The number of aliphatic hydroxyl groups excluding tert-OH is 1. The summed E-state index contributed by atoms with van der Waals surface area (Å²) in [6.07, 6.45) is 0. The van der Waals surface area contributed by atoms with Gasteiger partial charge in [0, 0.05) is 37.3 Å². The molecule has 1 atom stereocenters. The SMILES string of the molecule is O=C1C(=O)N(CCN2CCOCC2)C(c2ccccc2F)/C1=C(/O)c1ccc(F)cc1. The van der Waals surface area contributed by atoms with E-state index in [2.05, 4.69) is 4.90 Å². The minimum atomic E-state index is -1.08. The number of nitrogens with zero attached hydrogens (tertiary/aromatic N) is 2. The molecular formula is C23H22F2N2O4. The molecule has 0 saturated carbocycles. The number of amides is 1. The van der Waals surface area contributed by atoms with Gasteiger partial charge >= 0.3 is 0 Å². The molecule has 1 unspecified atom stereocenters. The van der Waals surface area contributed by atoms with Crippen LogP contribution in [0.15, 0.2) is 54.1 Å². The number of benzene rings is 2. The van der Waals surface area contributed by atoms with Crippen molar-refractivity contribution in [1.29, 1.82) is 0 Å². The Labute approximate surface area is 178 Å². The van der Waals surface area contributed by atoms with Gasteiger partial charge in [-0.15, -0.1) is 0 Å². The average molecular weight is 428 g/mol. The average Bonchev–Trinajstić information content (AvgIpc) is 3.03. The van der Waals surface area contributed by atoms with E-state index in [9.17, 15) is 23.5 Å². The number of halogens is 2.